The van der Waals surface area contributed by atoms with E-state index in [1.54, 1.807) is 19.1 Å². The number of ether oxygens (including phenoxy) is 3. The highest BCUT2D eigenvalue weighted by Gasteiger charge is 2.21. The molecule has 7 nitrogen and oxygen atoms in total. The van der Waals surface area contributed by atoms with Crippen molar-refractivity contribution < 1.29 is 23.5 Å². The average molecular weight is 412 g/mol. The van der Waals surface area contributed by atoms with E-state index < -0.39 is 0 Å². The highest BCUT2D eigenvalue weighted by Crippen LogP contribution is 2.29. The molecule has 0 aliphatic rings. The van der Waals surface area contributed by atoms with E-state index in [-0.39, 0.29) is 12.5 Å². The number of methoxy groups -OCH3 is 2. The van der Waals surface area contributed by atoms with Gasteiger partial charge in [-0.05, 0) is 36.8 Å². The van der Waals surface area contributed by atoms with Crippen molar-refractivity contribution in [2.45, 2.75) is 20.5 Å². The lowest BCUT2D eigenvalue weighted by Gasteiger charge is -2.23. The first-order valence-electron chi connectivity index (χ1n) is 9.89. The van der Waals surface area contributed by atoms with Crippen LogP contribution in [-0.2, 0) is 16.1 Å². The van der Waals surface area contributed by atoms with E-state index in [4.69, 9.17) is 18.7 Å². The summed E-state index contributed by atoms with van der Waals surface area (Å²) in [6.45, 7) is 5.82. The summed E-state index contributed by atoms with van der Waals surface area (Å²) < 4.78 is 21.7. The number of benzene rings is 2. The van der Waals surface area contributed by atoms with Gasteiger partial charge in [-0.1, -0.05) is 29.4 Å². The molecule has 3 aromatic rings. The van der Waals surface area contributed by atoms with Crippen molar-refractivity contribution >= 4 is 16.7 Å². The normalized spacial score (nSPS) is 11.1. The molecule has 0 bridgehead atoms. The molecule has 0 unspecified atom stereocenters. The Bertz CT molecular complexity index is 971. The zero-order valence-corrected chi connectivity index (χ0v) is 17.9. The maximum absolute atomic E-state index is 13.4. The Kier molecular flexibility index (Phi) is 7.43. The highest BCUT2D eigenvalue weighted by atomic mass is 16.5. The first-order valence-corrected chi connectivity index (χ1v) is 9.89. The van der Waals surface area contributed by atoms with Gasteiger partial charge in [0.15, 0.2) is 0 Å². The Labute approximate surface area is 176 Å². The van der Waals surface area contributed by atoms with Crippen molar-refractivity contribution in [1.29, 1.82) is 0 Å². The summed E-state index contributed by atoms with van der Waals surface area (Å²) in [5, 5.41) is 5.95. The van der Waals surface area contributed by atoms with Crippen LogP contribution in [0.2, 0.25) is 0 Å². The zero-order valence-electron chi connectivity index (χ0n) is 17.9. The Morgan fingerprint density at radius 1 is 1.03 bits per heavy atom. The zero-order chi connectivity index (χ0) is 21.5. The second kappa shape index (κ2) is 10.2. The van der Waals surface area contributed by atoms with E-state index >= 15 is 0 Å². The molecule has 0 atom stereocenters. The predicted octanol–water partition coefficient (Wildman–Crippen LogP) is 3.76. The van der Waals surface area contributed by atoms with Crippen LogP contribution in [0.3, 0.4) is 0 Å². The fourth-order valence-corrected chi connectivity index (χ4v) is 3.25. The second-order valence-corrected chi connectivity index (χ2v) is 7.06. The van der Waals surface area contributed by atoms with Gasteiger partial charge in [0.1, 0.15) is 18.1 Å². The monoisotopic (exact) mass is 412 g/mol. The van der Waals surface area contributed by atoms with Gasteiger partial charge in [0, 0.05) is 27.3 Å². The average Bonchev–Trinajstić information content (AvgIpc) is 3.08. The van der Waals surface area contributed by atoms with Crippen LogP contribution in [0.1, 0.15) is 27.4 Å². The molecule has 0 N–H and O–H groups in total. The van der Waals surface area contributed by atoms with Crippen molar-refractivity contribution in [2.24, 2.45) is 0 Å². The summed E-state index contributed by atoms with van der Waals surface area (Å²) in [7, 11) is 3.24. The van der Waals surface area contributed by atoms with E-state index in [1.165, 1.54) is 0 Å². The maximum atomic E-state index is 13.4. The molecule has 160 valence electrons. The molecule has 2 aromatic carbocycles. The molecule has 0 fully saturated rings. The Morgan fingerprint density at radius 2 is 1.67 bits per heavy atom. The van der Waals surface area contributed by atoms with E-state index in [1.807, 2.05) is 50.2 Å². The van der Waals surface area contributed by atoms with E-state index in [2.05, 4.69) is 5.16 Å². The molecule has 0 radical (unpaired) electrons. The molecule has 7 heteroatoms. The quantitative estimate of drug-likeness (QED) is 0.505. The molecule has 0 saturated heterocycles. The maximum Gasteiger partial charge on any atom is 0.257 e. The topological polar surface area (TPSA) is 74.0 Å². The van der Waals surface area contributed by atoms with Crippen molar-refractivity contribution in [3.63, 3.8) is 0 Å². The summed E-state index contributed by atoms with van der Waals surface area (Å²) in [4.78, 5) is 15.1. The number of nitrogens with zero attached hydrogens (tertiary/aromatic N) is 2. The van der Waals surface area contributed by atoms with E-state index in [0.29, 0.717) is 43.4 Å². The Morgan fingerprint density at radius 3 is 2.23 bits per heavy atom. The smallest absolute Gasteiger partial charge is 0.257 e. The molecular weight excluding hydrogens is 384 g/mol. The number of carbonyl (C=O) groups is 1. The van der Waals surface area contributed by atoms with Crippen LogP contribution < -0.4 is 4.74 Å². The molecular formula is C23H28N2O5. The molecule has 3 rings (SSSR count). The Hall–Kier alpha value is -2.90. The summed E-state index contributed by atoms with van der Waals surface area (Å²) in [5.74, 6) is 1.12. The third kappa shape index (κ3) is 4.98. The lowest BCUT2D eigenvalue weighted by molar-refractivity contribution is 0.0623. The summed E-state index contributed by atoms with van der Waals surface area (Å²) in [5.41, 5.74) is 2.17. The Balaban J connectivity index is 1.95. The van der Waals surface area contributed by atoms with Crippen LogP contribution in [0.4, 0.5) is 0 Å². The van der Waals surface area contributed by atoms with Crippen LogP contribution in [0.15, 0.2) is 40.9 Å². The fraction of sp³-hybridized carbons (Fsp3) is 0.391. The largest absolute Gasteiger partial charge is 0.488 e. The number of fused-ring (bicyclic) bond motifs is 1. The van der Waals surface area contributed by atoms with Crippen molar-refractivity contribution in [3.05, 3.63) is 59.0 Å². The number of amides is 1. The van der Waals surface area contributed by atoms with Crippen LogP contribution in [0.5, 0.6) is 5.75 Å². The predicted molar refractivity (Wildman–Crippen MR) is 114 cm³/mol. The third-order valence-electron chi connectivity index (χ3n) is 5.05. The highest BCUT2D eigenvalue weighted by molar-refractivity contribution is 6.01. The number of carbonyl (C=O) groups excluding carboxylic acids is 1. The van der Waals surface area contributed by atoms with Crippen LogP contribution in [-0.4, -0.2) is 56.5 Å². The third-order valence-corrected chi connectivity index (χ3v) is 5.05. The minimum Gasteiger partial charge on any atom is -0.488 e. The van der Waals surface area contributed by atoms with Gasteiger partial charge in [-0.2, -0.15) is 0 Å². The number of aromatic nitrogens is 1. The molecule has 1 amide bonds. The van der Waals surface area contributed by atoms with Gasteiger partial charge in [0.2, 0.25) is 0 Å². The number of hydrogen-bond donors (Lipinski definition) is 0. The van der Waals surface area contributed by atoms with Gasteiger partial charge in [-0.3, -0.25) is 4.79 Å². The van der Waals surface area contributed by atoms with Gasteiger partial charge >= 0.3 is 0 Å². The van der Waals surface area contributed by atoms with E-state index in [0.717, 1.165) is 22.0 Å². The molecule has 1 aromatic heterocycles. The van der Waals surface area contributed by atoms with Crippen molar-refractivity contribution in [3.8, 4) is 5.75 Å². The minimum absolute atomic E-state index is 0.122. The summed E-state index contributed by atoms with van der Waals surface area (Å²) >= 11 is 0. The first kappa shape index (κ1) is 21.8. The van der Waals surface area contributed by atoms with Crippen LogP contribution in [0, 0.1) is 13.8 Å². The number of hydrogen-bond acceptors (Lipinski definition) is 6. The summed E-state index contributed by atoms with van der Waals surface area (Å²) in [6.07, 6.45) is 0. The molecule has 30 heavy (non-hydrogen) atoms. The van der Waals surface area contributed by atoms with Gasteiger partial charge in [-0.15, -0.1) is 0 Å². The van der Waals surface area contributed by atoms with Crippen molar-refractivity contribution in [2.75, 3.05) is 40.5 Å². The number of rotatable bonds is 10. The van der Waals surface area contributed by atoms with Crippen LogP contribution >= 0.6 is 0 Å². The molecule has 0 spiro atoms. The van der Waals surface area contributed by atoms with Crippen molar-refractivity contribution in [1.82, 2.24) is 10.1 Å². The second-order valence-electron chi connectivity index (χ2n) is 7.06. The summed E-state index contributed by atoms with van der Waals surface area (Å²) in [6, 6.07) is 11.7. The van der Waals surface area contributed by atoms with E-state index in [9.17, 15) is 4.79 Å². The molecule has 0 aliphatic carbocycles. The minimum atomic E-state index is -0.122. The first-order chi connectivity index (χ1) is 14.5. The SMILES string of the molecule is COCCN(CCOC)C(=O)c1cc2ccccc2cc1OCc1c(C)noc1C. The van der Waals surface area contributed by atoms with Gasteiger partial charge in [0.05, 0.1) is 30.0 Å². The molecule has 0 aliphatic heterocycles. The molecule has 1 heterocycles. The van der Waals surface area contributed by atoms with Gasteiger partial charge in [0.25, 0.3) is 5.91 Å². The fourth-order valence-electron chi connectivity index (χ4n) is 3.25. The van der Waals surface area contributed by atoms with Crippen LogP contribution in [0.25, 0.3) is 10.8 Å². The molecule has 0 saturated carbocycles. The lowest BCUT2D eigenvalue weighted by Crippen LogP contribution is -2.36. The number of aryl methyl sites for hydroxylation is 2. The van der Waals surface area contributed by atoms with Gasteiger partial charge < -0.3 is 23.6 Å². The lowest BCUT2D eigenvalue weighted by atomic mass is 10.0. The van der Waals surface area contributed by atoms with Gasteiger partial charge in [-0.25, -0.2) is 0 Å². The standard InChI is InChI=1S/C23H28N2O5/c1-16-21(17(2)30-24-16)15-29-22-14-19-8-6-5-7-18(19)13-20(22)23(26)25(9-11-27-3)10-12-28-4/h5-8,13-14H,9-12,15H2,1-4H3.